The van der Waals surface area contributed by atoms with Crippen LogP contribution in [-0.2, 0) is 6.42 Å². The lowest BCUT2D eigenvalue weighted by Gasteiger charge is -2.35. The number of aryl methyl sites for hydroxylation is 1. The van der Waals surface area contributed by atoms with E-state index in [1.54, 1.807) is 13.1 Å². The van der Waals surface area contributed by atoms with Crippen molar-refractivity contribution in [2.24, 2.45) is 10.9 Å². The van der Waals surface area contributed by atoms with Crippen LogP contribution in [0.2, 0.25) is 0 Å². The molecule has 25 heavy (non-hydrogen) atoms. The maximum atomic E-state index is 13.2. The molecule has 0 spiro atoms. The Hall–Kier alpha value is -1.62. The first-order valence-electron chi connectivity index (χ1n) is 9.43. The Morgan fingerprint density at radius 3 is 2.84 bits per heavy atom. The molecule has 0 radical (unpaired) electrons. The van der Waals surface area contributed by atoms with E-state index < -0.39 is 0 Å². The second-order valence-electron chi connectivity index (χ2n) is 7.30. The summed E-state index contributed by atoms with van der Waals surface area (Å²) in [5.41, 5.74) is 2.17. The number of benzene rings is 1. The fourth-order valence-corrected chi connectivity index (χ4v) is 3.45. The summed E-state index contributed by atoms with van der Waals surface area (Å²) in [7, 11) is 1.81. The Morgan fingerprint density at radius 2 is 2.16 bits per heavy atom. The fourth-order valence-electron chi connectivity index (χ4n) is 3.45. The number of halogens is 1. The Bertz CT molecular complexity index is 571. The second kappa shape index (κ2) is 9.76. The van der Waals surface area contributed by atoms with E-state index in [0.29, 0.717) is 12.0 Å². The van der Waals surface area contributed by atoms with Crippen molar-refractivity contribution >= 4 is 5.96 Å². The molecule has 1 aromatic carbocycles. The maximum absolute atomic E-state index is 13.2. The quantitative estimate of drug-likeness (QED) is 0.613. The van der Waals surface area contributed by atoms with Gasteiger partial charge in [0, 0.05) is 32.7 Å². The van der Waals surface area contributed by atoms with Crippen molar-refractivity contribution in [3.05, 3.63) is 35.1 Å². The van der Waals surface area contributed by atoms with Crippen molar-refractivity contribution in [3.8, 4) is 0 Å². The number of rotatable bonds is 6. The number of aliphatic imine (C=N–C) groups is 1. The van der Waals surface area contributed by atoms with E-state index in [0.717, 1.165) is 37.6 Å². The standard InChI is InChI=1S/C20H33FN4/c1-15(2)25-11-5-6-17(14-25)13-24-20(22-4)23-10-9-18-7-8-19(21)12-16(18)3/h7-8,12,15,17H,5-6,9-11,13-14H2,1-4H3,(H2,22,23,24). The van der Waals surface area contributed by atoms with Crippen LogP contribution in [-0.4, -0.2) is 50.1 Å². The van der Waals surface area contributed by atoms with Gasteiger partial charge < -0.3 is 15.5 Å². The van der Waals surface area contributed by atoms with Crippen LogP contribution in [0.1, 0.15) is 37.8 Å². The van der Waals surface area contributed by atoms with Gasteiger partial charge >= 0.3 is 0 Å². The third-order valence-corrected chi connectivity index (χ3v) is 5.05. The Kier molecular flexibility index (Phi) is 7.69. The minimum Gasteiger partial charge on any atom is -0.356 e. The first-order valence-corrected chi connectivity index (χ1v) is 9.43. The van der Waals surface area contributed by atoms with Crippen LogP contribution >= 0.6 is 0 Å². The minimum absolute atomic E-state index is 0.172. The van der Waals surface area contributed by atoms with Crippen molar-refractivity contribution in [2.45, 2.75) is 46.1 Å². The van der Waals surface area contributed by atoms with Gasteiger partial charge in [0.2, 0.25) is 0 Å². The van der Waals surface area contributed by atoms with Gasteiger partial charge in [0.1, 0.15) is 5.82 Å². The number of likely N-dealkylation sites (tertiary alicyclic amines) is 1. The van der Waals surface area contributed by atoms with Crippen molar-refractivity contribution < 1.29 is 4.39 Å². The minimum atomic E-state index is -0.172. The number of hydrogen-bond acceptors (Lipinski definition) is 2. The molecule has 0 bridgehead atoms. The van der Waals surface area contributed by atoms with Gasteiger partial charge in [-0.3, -0.25) is 4.99 Å². The molecule has 140 valence electrons. The van der Waals surface area contributed by atoms with E-state index in [9.17, 15) is 4.39 Å². The third kappa shape index (κ3) is 6.31. The molecule has 1 aromatic rings. The molecule has 1 aliphatic heterocycles. The molecule has 1 aliphatic rings. The van der Waals surface area contributed by atoms with Crippen molar-refractivity contribution in [3.63, 3.8) is 0 Å². The summed E-state index contributed by atoms with van der Waals surface area (Å²) in [5.74, 6) is 1.35. The second-order valence-corrected chi connectivity index (χ2v) is 7.30. The first kappa shape index (κ1) is 19.7. The summed E-state index contributed by atoms with van der Waals surface area (Å²) in [5, 5.41) is 6.83. The highest BCUT2D eigenvalue weighted by molar-refractivity contribution is 5.79. The van der Waals surface area contributed by atoms with Gasteiger partial charge in [-0.25, -0.2) is 4.39 Å². The van der Waals surface area contributed by atoms with Crippen LogP contribution in [0.4, 0.5) is 4.39 Å². The predicted molar refractivity (Wildman–Crippen MR) is 104 cm³/mol. The monoisotopic (exact) mass is 348 g/mol. The van der Waals surface area contributed by atoms with E-state index in [1.165, 1.54) is 31.0 Å². The zero-order valence-corrected chi connectivity index (χ0v) is 16.1. The van der Waals surface area contributed by atoms with Crippen LogP contribution in [0.15, 0.2) is 23.2 Å². The molecule has 0 amide bonds. The van der Waals surface area contributed by atoms with Gasteiger partial charge in [0.15, 0.2) is 5.96 Å². The first-order chi connectivity index (χ1) is 12.0. The summed E-state index contributed by atoms with van der Waals surface area (Å²) in [4.78, 5) is 6.87. The molecule has 4 nitrogen and oxygen atoms in total. The summed E-state index contributed by atoms with van der Waals surface area (Å²) in [6.07, 6.45) is 3.42. The van der Waals surface area contributed by atoms with E-state index in [2.05, 4.69) is 34.4 Å². The lowest BCUT2D eigenvalue weighted by atomic mass is 9.97. The van der Waals surface area contributed by atoms with Crippen LogP contribution in [0.3, 0.4) is 0 Å². The summed E-state index contributed by atoms with van der Waals surface area (Å²) in [6, 6.07) is 5.61. The smallest absolute Gasteiger partial charge is 0.190 e. The van der Waals surface area contributed by atoms with Gasteiger partial charge in [0.25, 0.3) is 0 Å². The van der Waals surface area contributed by atoms with Gasteiger partial charge in [-0.05, 0) is 75.8 Å². The summed E-state index contributed by atoms with van der Waals surface area (Å²) in [6.45, 7) is 10.6. The average molecular weight is 349 g/mol. The molecular formula is C20H33FN4. The summed E-state index contributed by atoms with van der Waals surface area (Å²) < 4.78 is 13.2. The Balaban J connectivity index is 1.73. The number of piperidine rings is 1. The Labute approximate surface area is 151 Å². The predicted octanol–water partition coefficient (Wildman–Crippen LogP) is 2.96. The van der Waals surface area contributed by atoms with Crippen molar-refractivity contribution in [1.82, 2.24) is 15.5 Å². The van der Waals surface area contributed by atoms with Crippen LogP contribution < -0.4 is 10.6 Å². The number of nitrogens with one attached hydrogen (secondary N) is 2. The third-order valence-electron chi connectivity index (χ3n) is 5.05. The van der Waals surface area contributed by atoms with E-state index in [-0.39, 0.29) is 5.82 Å². The lowest BCUT2D eigenvalue weighted by Crippen LogP contribution is -2.46. The molecular weight excluding hydrogens is 315 g/mol. The zero-order chi connectivity index (χ0) is 18.2. The van der Waals surface area contributed by atoms with Gasteiger partial charge in [-0.15, -0.1) is 0 Å². The molecule has 0 aromatic heterocycles. The molecule has 2 rings (SSSR count). The van der Waals surface area contributed by atoms with E-state index in [4.69, 9.17) is 0 Å². The van der Waals surface area contributed by atoms with Crippen molar-refractivity contribution in [1.29, 1.82) is 0 Å². The van der Waals surface area contributed by atoms with Gasteiger partial charge in [0.05, 0.1) is 0 Å². The van der Waals surface area contributed by atoms with Crippen LogP contribution in [0.5, 0.6) is 0 Å². The molecule has 1 saturated heterocycles. The number of guanidine groups is 1. The van der Waals surface area contributed by atoms with E-state index >= 15 is 0 Å². The zero-order valence-electron chi connectivity index (χ0n) is 16.1. The largest absolute Gasteiger partial charge is 0.356 e. The normalized spacial score (nSPS) is 19.3. The van der Waals surface area contributed by atoms with E-state index in [1.807, 2.05) is 13.0 Å². The summed E-state index contributed by atoms with van der Waals surface area (Å²) >= 11 is 0. The molecule has 0 aliphatic carbocycles. The van der Waals surface area contributed by atoms with Gasteiger partial charge in [-0.1, -0.05) is 6.07 Å². The van der Waals surface area contributed by atoms with Crippen LogP contribution in [0.25, 0.3) is 0 Å². The lowest BCUT2D eigenvalue weighted by molar-refractivity contribution is 0.141. The molecule has 5 heteroatoms. The van der Waals surface area contributed by atoms with Crippen molar-refractivity contribution in [2.75, 3.05) is 33.2 Å². The molecule has 1 fully saturated rings. The fraction of sp³-hybridized carbons (Fsp3) is 0.650. The molecule has 2 N–H and O–H groups in total. The molecule has 0 saturated carbocycles. The van der Waals surface area contributed by atoms with Gasteiger partial charge in [-0.2, -0.15) is 0 Å². The molecule has 1 atom stereocenters. The highest BCUT2D eigenvalue weighted by atomic mass is 19.1. The number of hydrogen-bond donors (Lipinski definition) is 2. The molecule has 1 unspecified atom stereocenters. The number of nitrogens with zero attached hydrogens (tertiary/aromatic N) is 2. The SMILES string of the molecule is CN=C(NCCc1ccc(F)cc1C)NCC1CCCN(C(C)C)C1. The Morgan fingerprint density at radius 1 is 1.36 bits per heavy atom. The maximum Gasteiger partial charge on any atom is 0.190 e. The molecule has 1 heterocycles. The highest BCUT2D eigenvalue weighted by Gasteiger charge is 2.21. The van der Waals surface area contributed by atoms with Crippen LogP contribution in [0, 0.1) is 18.7 Å². The average Bonchev–Trinajstić information content (AvgIpc) is 2.59. The topological polar surface area (TPSA) is 39.7 Å². The highest BCUT2D eigenvalue weighted by Crippen LogP contribution is 2.17.